The fourth-order valence-electron chi connectivity index (χ4n) is 0.954. The second kappa shape index (κ2) is 8.01. The Morgan fingerprint density at radius 2 is 2.15 bits per heavy atom. The highest BCUT2D eigenvalue weighted by Crippen LogP contribution is 1.94. The van der Waals surface area contributed by atoms with Gasteiger partial charge in [0.1, 0.15) is 6.04 Å². The van der Waals surface area contributed by atoms with Crippen molar-refractivity contribution < 1.29 is 14.6 Å². The van der Waals surface area contributed by atoms with E-state index in [9.17, 15) is 4.79 Å². The van der Waals surface area contributed by atoms with Crippen LogP contribution in [0.4, 0.5) is 0 Å². The minimum Gasteiger partial charge on any atom is -0.480 e. The number of ether oxygens (including phenoxy) is 1. The molecule has 0 radical (unpaired) electrons. The summed E-state index contributed by atoms with van der Waals surface area (Å²) in [7, 11) is 1.69. The predicted octanol–water partition coefficient (Wildman–Crippen LogP) is 0.866. The molecule has 0 aliphatic carbocycles. The molecular formula is C9H19NO3. The molecule has 0 aromatic rings. The van der Waals surface area contributed by atoms with Crippen LogP contribution >= 0.6 is 0 Å². The lowest BCUT2D eigenvalue weighted by atomic mass is 10.2. The monoisotopic (exact) mass is 189 g/mol. The summed E-state index contributed by atoms with van der Waals surface area (Å²) >= 11 is 0. The number of hydrogen-bond acceptors (Lipinski definition) is 3. The number of hydrogen-bond donors (Lipinski definition) is 2. The molecule has 0 fully saturated rings. The van der Waals surface area contributed by atoms with Crippen molar-refractivity contribution in [1.82, 2.24) is 5.32 Å². The third kappa shape index (κ3) is 7.74. The van der Waals surface area contributed by atoms with Gasteiger partial charge in [0.05, 0.1) is 0 Å². The molecule has 0 heterocycles. The lowest BCUT2D eigenvalue weighted by molar-refractivity contribution is -0.138. The number of carboxylic acid groups (broad SMARTS) is 1. The number of carboxylic acids is 1. The first kappa shape index (κ1) is 12.4. The van der Waals surface area contributed by atoms with Gasteiger partial charge in [-0.1, -0.05) is 0 Å². The van der Waals surface area contributed by atoms with E-state index in [-0.39, 0.29) is 0 Å². The molecule has 0 aromatic heterocycles. The van der Waals surface area contributed by atoms with Crippen LogP contribution in [0.15, 0.2) is 0 Å². The number of carbonyl (C=O) groups is 1. The molecule has 4 nitrogen and oxygen atoms in total. The van der Waals surface area contributed by atoms with Crippen molar-refractivity contribution in [3.05, 3.63) is 0 Å². The molecule has 0 aliphatic heterocycles. The largest absolute Gasteiger partial charge is 0.480 e. The van der Waals surface area contributed by atoms with Crippen molar-refractivity contribution in [2.45, 2.75) is 32.2 Å². The summed E-state index contributed by atoms with van der Waals surface area (Å²) < 4.78 is 4.89. The summed E-state index contributed by atoms with van der Waals surface area (Å²) in [5.74, 6) is -0.795. The number of aliphatic carboxylic acids is 1. The summed E-state index contributed by atoms with van der Waals surface area (Å²) in [6.45, 7) is 3.20. The van der Waals surface area contributed by atoms with E-state index in [0.29, 0.717) is 0 Å². The Balaban J connectivity index is 3.11. The van der Waals surface area contributed by atoms with E-state index in [2.05, 4.69) is 5.32 Å². The normalized spacial score (nSPS) is 12.8. The lowest BCUT2D eigenvalue weighted by Crippen LogP contribution is -2.34. The number of rotatable bonds is 8. The van der Waals surface area contributed by atoms with Crippen molar-refractivity contribution in [1.29, 1.82) is 0 Å². The molecule has 1 unspecified atom stereocenters. The summed E-state index contributed by atoms with van der Waals surface area (Å²) in [6, 6.07) is -0.442. The summed E-state index contributed by atoms with van der Waals surface area (Å²) in [4.78, 5) is 10.4. The van der Waals surface area contributed by atoms with Crippen LogP contribution in [0.3, 0.4) is 0 Å². The Labute approximate surface area is 79.3 Å². The molecule has 2 N–H and O–H groups in total. The second-order valence-corrected chi connectivity index (χ2v) is 3.07. The smallest absolute Gasteiger partial charge is 0.320 e. The highest BCUT2D eigenvalue weighted by Gasteiger charge is 2.07. The molecule has 78 valence electrons. The molecule has 0 amide bonds. The SMILES string of the molecule is COCCCCCNC(C)C(=O)O. The molecule has 4 heteroatoms. The van der Waals surface area contributed by atoms with E-state index in [0.717, 1.165) is 32.4 Å². The van der Waals surface area contributed by atoms with Gasteiger partial charge < -0.3 is 15.2 Å². The fraction of sp³-hybridized carbons (Fsp3) is 0.889. The Hall–Kier alpha value is -0.610. The molecule has 13 heavy (non-hydrogen) atoms. The van der Waals surface area contributed by atoms with Gasteiger partial charge in [-0.15, -0.1) is 0 Å². The van der Waals surface area contributed by atoms with Gasteiger partial charge >= 0.3 is 5.97 Å². The zero-order valence-electron chi connectivity index (χ0n) is 8.38. The molecule has 0 saturated carbocycles. The van der Waals surface area contributed by atoms with Crippen molar-refractivity contribution in [3.8, 4) is 0 Å². The average molecular weight is 189 g/mol. The van der Waals surface area contributed by atoms with E-state index in [1.807, 2.05) is 0 Å². The van der Waals surface area contributed by atoms with Crippen LogP contribution in [0.1, 0.15) is 26.2 Å². The Morgan fingerprint density at radius 1 is 1.46 bits per heavy atom. The van der Waals surface area contributed by atoms with Gasteiger partial charge in [-0.3, -0.25) is 4.79 Å². The highest BCUT2D eigenvalue weighted by molar-refractivity contribution is 5.72. The zero-order valence-corrected chi connectivity index (χ0v) is 8.38. The summed E-state index contributed by atoms with van der Waals surface area (Å²) in [6.07, 6.45) is 3.12. The summed E-state index contributed by atoms with van der Waals surface area (Å²) in [5, 5.41) is 11.5. The minimum absolute atomic E-state index is 0.442. The van der Waals surface area contributed by atoms with Crippen LogP contribution < -0.4 is 5.32 Å². The Morgan fingerprint density at radius 3 is 2.69 bits per heavy atom. The summed E-state index contributed by atoms with van der Waals surface area (Å²) in [5.41, 5.74) is 0. The zero-order chi connectivity index (χ0) is 10.1. The maximum atomic E-state index is 10.4. The van der Waals surface area contributed by atoms with Gasteiger partial charge in [0.25, 0.3) is 0 Å². The molecule has 0 bridgehead atoms. The Bertz CT molecular complexity index is 139. The third-order valence-electron chi connectivity index (χ3n) is 1.85. The number of unbranched alkanes of at least 4 members (excludes halogenated alkanes) is 2. The van der Waals surface area contributed by atoms with E-state index >= 15 is 0 Å². The van der Waals surface area contributed by atoms with Crippen LogP contribution in [0.5, 0.6) is 0 Å². The van der Waals surface area contributed by atoms with Gasteiger partial charge in [0.2, 0.25) is 0 Å². The molecule has 0 rings (SSSR count). The first-order valence-corrected chi connectivity index (χ1v) is 4.63. The first-order chi connectivity index (χ1) is 6.18. The van der Waals surface area contributed by atoms with E-state index < -0.39 is 12.0 Å². The molecule has 0 aliphatic rings. The second-order valence-electron chi connectivity index (χ2n) is 3.07. The first-order valence-electron chi connectivity index (χ1n) is 4.63. The molecule has 1 atom stereocenters. The van der Waals surface area contributed by atoms with Crippen LogP contribution in [-0.2, 0) is 9.53 Å². The Kier molecular flexibility index (Phi) is 7.63. The van der Waals surface area contributed by atoms with Gasteiger partial charge in [-0.25, -0.2) is 0 Å². The molecule has 0 aromatic carbocycles. The van der Waals surface area contributed by atoms with Crippen LogP contribution in [0.25, 0.3) is 0 Å². The van der Waals surface area contributed by atoms with Crippen molar-refractivity contribution >= 4 is 5.97 Å². The van der Waals surface area contributed by atoms with Crippen LogP contribution in [0, 0.1) is 0 Å². The molecular weight excluding hydrogens is 170 g/mol. The lowest BCUT2D eigenvalue weighted by Gasteiger charge is -2.08. The van der Waals surface area contributed by atoms with E-state index in [1.54, 1.807) is 14.0 Å². The minimum atomic E-state index is -0.795. The van der Waals surface area contributed by atoms with Crippen LogP contribution in [0.2, 0.25) is 0 Å². The van der Waals surface area contributed by atoms with E-state index in [1.165, 1.54) is 0 Å². The predicted molar refractivity (Wildman–Crippen MR) is 50.8 cm³/mol. The number of methoxy groups -OCH3 is 1. The van der Waals surface area contributed by atoms with E-state index in [4.69, 9.17) is 9.84 Å². The fourth-order valence-corrected chi connectivity index (χ4v) is 0.954. The van der Waals surface area contributed by atoms with Crippen molar-refractivity contribution in [3.63, 3.8) is 0 Å². The number of nitrogens with one attached hydrogen (secondary N) is 1. The van der Waals surface area contributed by atoms with Crippen LogP contribution in [-0.4, -0.2) is 37.4 Å². The quantitative estimate of drug-likeness (QED) is 0.556. The van der Waals surface area contributed by atoms with Gasteiger partial charge in [0.15, 0.2) is 0 Å². The van der Waals surface area contributed by atoms with Gasteiger partial charge in [-0.05, 0) is 32.7 Å². The maximum absolute atomic E-state index is 10.4. The highest BCUT2D eigenvalue weighted by atomic mass is 16.5. The van der Waals surface area contributed by atoms with Gasteiger partial charge in [-0.2, -0.15) is 0 Å². The van der Waals surface area contributed by atoms with Gasteiger partial charge in [0, 0.05) is 13.7 Å². The molecule has 0 saturated heterocycles. The molecule has 0 spiro atoms. The topological polar surface area (TPSA) is 58.6 Å². The van der Waals surface area contributed by atoms with Crippen molar-refractivity contribution in [2.24, 2.45) is 0 Å². The average Bonchev–Trinajstić information content (AvgIpc) is 2.10. The van der Waals surface area contributed by atoms with Crippen molar-refractivity contribution in [2.75, 3.05) is 20.3 Å². The third-order valence-corrected chi connectivity index (χ3v) is 1.85. The standard InChI is InChI=1S/C9H19NO3/c1-8(9(11)12)10-6-4-3-5-7-13-2/h8,10H,3-7H2,1-2H3,(H,11,12). The maximum Gasteiger partial charge on any atom is 0.320 e.